The summed E-state index contributed by atoms with van der Waals surface area (Å²) in [6, 6.07) is 0. The molecule has 0 amide bonds. The summed E-state index contributed by atoms with van der Waals surface area (Å²) in [6.07, 6.45) is 1.38. The maximum absolute atomic E-state index is 11.4. The third-order valence-corrected chi connectivity index (χ3v) is 2.08. The minimum atomic E-state index is -0.492. The number of anilines is 1. The van der Waals surface area contributed by atoms with E-state index in [1.165, 1.54) is 17.8 Å². The first kappa shape index (κ1) is 9.38. The van der Waals surface area contributed by atoms with E-state index in [-0.39, 0.29) is 5.39 Å². The predicted molar refractivity (Wildman–Crippen MR) is 54.9 cm³/mol. The van der Waals surface area contributed by atoms with E-state index in [4.69, 9.17) is 0 Å². The van der Waals surface area contributed by atoms with Gasteiger partial charge in [-0.05, 0) is 0 Å². The van der Waals surface area contributed by atoms with Gasteiger partial charge in [-0.15, -0.1) is 0 Å². The summed E-state index contributed by atoms with van der Waals surface area (Å²) < 4.78 is 1.26. The van der Waals surface area contributed by atoms with Crippen LogP contribution in [0.5, 0.6) is 0 Å². The first-order valence-electron chi connectivity index (χ1n) is 4.27. The third-order valence-electron chi connectivity index (χ3n) is 2.08. The van der Waals surface area contributed by atoms with E-state index in [1.807, 2.05) is 0 Å². The van der Waals surface area contributed by atoms with Crippen molar-refractivity contribution in [2.45, 2.75) is 0 Å². The topological polar surface area (TPSA) is 92.7 Å². The second kappa shape index (κ2) is 3.19. The highest BCUT2D eigenvalue weighted by atomic mass is 16.2. The van der Waals surface area contributed by atoms with Gasteiger partial charge in [0.2, 0.25) is 5.95 Å². The summed E-state index contributed by atoms with van der Waals surface area (Å²) >= 11 is 0. The maximum Gasteiger partial charge on any atom is 0.329 e. The standard InChI is InChI=1S/C8H9N5O2/c1-9-7-10-3-4-5(11-7)13(2)8(15)12-6(4)14/h3H,1-2H3,(H,9,10,11)(H,12,14,15). The van der Waals surface area contributed by atoms with Crippen molar-refractivity contribution in [3.8, 4) is 0 Å². The van der Waals surface area contributed by atoms with E-state index in [0.717, 1.165) is 0 Å². The number of H-pyrrole nitrogens is 1. The van der Waals surface area contributed by atoms with Crippen LogP contribution in [0.1, 0.15) is 0 Å². The summed E-state index contributed by atoms with van der Waals surface area (Å²) in [6.45, 7) is 0. The van der Waals surface area contributed by atoms with Crippen molar-refractivity contribution in [2.75, 3.05) is 12.4 Å². The molecule has 0 aliphatic carbocycles. The Hall–Kier alpha value is -2.18. The van der Waals surface area contributed by atoms with Crippen LogP contribution in [0.15, 0.2) is 15.8 Å². The highest BCUT2D eigenvalue weighted by Crippen LogP contribution is 2.04. The van der Waals surface area contributed by atoms with Crippen LogP contribution in [-0.2, 0) is 7.05 Å². The van der Waals surface area contributed by atoms with E-state index < -0.39 is 11.2 Å². The van der Waals surface area contributed by atoms with Gasteiger partial charge in [-0.25, -0.2) is 9.78 Å². The van der Waals surface area contributed by atoms with Gasteiger partial charge in [0, 0.05) is 20.3 Å². The molecule has 0 radical (unpaired) electrons. The van der Waals surface area contributed by atoms with Crippen molar-refractivity contribution >= 4 is 17.0 Å². The van der Waals surface area contributed by atoms with Crippen LogP contribution in [0, 0.1) is 0 Å². The number of aromatic nitrogens is 4. The number of nitrogens with one attached hydrogen (secondary N) is 2. The molecular weight excluding hydrogens is 198 g/mol. The molecule has 0 aliphatic rings. The Morgan fingerprint density at radius 2 is 2.20 bits per heavy atom. The summed E-state index contributed by atoms with van der Waals surface area (Å²) in [7, 11) is 3.19. The molecule has 0 aliphatic heterocycles. The number of aryl methyl sites for hydroxylation is 1. The molecule has 0 fully saturated rings. The minimum Gasteiger partial charge on any atom is -0.357 e. The van der Waals surface area contributed by atoms with Gasteiger partial charge in [-0.1, -0.05) is 0 Å². The molecule has 7 heteroatoms. The summed E-state index contributed by atoms with van der Waals surface area (Å²) in [4.78, 5) is 32.8. The lowest BCUT2D eigenvalue weighted by atomic mass is 10.4. The number of fused-ring (bicyclic) bond motifs is 1. The lowest BCUT2D eigenvalue weighted by molar-refractivity contribution is 0.826. The average Bonchev–Trinajstić information content (AvgIpc) is 2.25. The van der Waals surface area contributed by atoms with Crippen LogP contribution in [0.25, 0.3) is 11.0 Å². The molecule has 0 saturated carbocycles. The zero-order chi connectivity index (χ0) is 11.0. The van der Waals surface area contributed by atoms with Gasteiger partial charge in [0.05, 0.1) is 0 Å². The normalized spacial score (nSPS) is 10.5. The van der Waals surface area contributed by atoms with Crippen LogP contribution in [0.3, 0.4) is 0 Å². The van der Waals surface area contributed by atoms with Crippen LogP contribution >= 0.6 is 0 Å². The van der Waals surface area contributed by atoms with E-state index >= 15 is 0 Å². The van der Waals surface area contributed by atoms with Crippen LogP contribution in [-0.4, -0.2) is 26.6 Å². The van der Waals surface area contributed by atoms with Crippen molar-refractivity contribution < 1.29 is 0 Å². The van der Waals surface area contributed by atoms with Gasteiger partial charge in [0.1, 0.15) is 5.39 Å². The fourth-order valence-corrected chi connectivity index (χ4v) is 1.25. The molecule has 7 nitrogen and oxygen atoms in total. The summed E-state index contributed by atoms with van der Waals surface area (Å²) in [5.41, 5.74) is -0.660. The molecule has 2 heterocycles. The molecule has 2 aromatic heterocycles. The molecule has 78 valence electrons. The van der Waals surface area contributed by atoms with E-state index in [9.17, 15) is 9.59 Å². The molecule has 2 aromatic rings. The Kier molecular flexibility index (Phi) is 2.00. The zero-order valence-electron chi connectivity index (χ0n) is 8.24. The Labute approximate surface area is 83.8 Å². The highest BCUT2D eigenvalue weighted by Gasteiger charge is 2.06. The highest BCUT2D eigenvalue weighted by molar-refractivity contribution is 5.73. The molecular formula is C8H9N5O2. The fourth-order valence-electron chi connectivity index (χ4n) is 1.25. The molecule has 0 unspecified atom stereocenters. The first-order valence-corrected chi connectivity index (χ1v) is 4.27. The Balaban J connectivity index is 2.98. The van der Waals surface area contributed by atoms with Crippen LogP contribution in [0.4, 0.5) is 5.95 Å². The van der Waals surface area contributed by atoms with E-state index in [2.05, 4.69) is 20.3 Å². The lowest BCUT2D eigenvalue weighted by Crippen LogP contribution is -2.29. The molecule has 2 N–H and O–H groups in total. The largest absolute Gasteiger partial charge is 0.357 e. The second-order valence-electron chi connectivity index (χ2n) is 3.00. The van der Waals surface area contributed by atoms with Gasteiger partial charge in [0.25, 0.3) is 5.56 Å². The first-order chi connectivity index (χ1) is 7.13. The molecule has 0 aromatic carbocycles. The lowest BCUT2D eigenvalue weighted by Gasteiger charge is -2.03. The monoisotopic (exact) mass is 207 g/mol. The average molecular weight is 207 g/mol. The molecule has 0 saturated heterocycles. The van der Waals surface area contributed by atoms with Gasteiger partial charge >= 0.3 is 5.69 Å². The number of hydrogen-bond donors (Lipinski definition) is 2. The minimum absolute atomic E-state index is 0.288. The fraction of sp³-hybridized carbons (Fsp3) is 0.250. The third kappa shape index (κ3) is 1.37. The maximum atomic E-state index is 11.4. The zero-order valence-corrected chi connectivity index (χ0v) is 8.24. The molecule has 0 spiro atoms. The van der Waals surface area contributed by atoms with E-state index in [1.54, 1.807) is 7.05 Å². The number of nitrogens with zero attached hydrogens (tertiary/aromatic N) is 3. The number of aromatic amines is 1. The number of rotatable bonds is 1. The summed E-state index contributed by atoms with van der Waals surface area (Å²) in [5.74, 6) is 0.364. The number of hydrogen-bond acceptors (Lipinski definition) is 5. The Morgan fingerprint density at radius 3 is 2.87 bits per heavy atom. The van der Waals surface area contributed by atoms with Crippen molar-refractivity contribution in [1.82, 2.24) is 19.5 Å². The Morgan fingerprint density at radius 1 is 1.47 bits per heavy atom. The van der Waals surface area contributed by atoms with Gasteiger partial charge in [0.15, 0.2) is 5.65 Å². The van der Waals surface area contributed by atoms with Crippen molar-refractivity contribution in [3.63, 3.8) is 0 Å². The molecule has 15 heavy (non-hydrogen) atoms. The smallest absolute Gasteiger partial charge is 0.329 e. The SMILES string of the molecule is CNc1ncc2c(=O)[nH]c(=O)n(C)c2n1. The van der Waals surface area contributed by atoms with Gasteiger partial charge in [-0.3, -0.25) is 14.3 Å². The van der Waals surface area contributed by atoms with Gasteiger partial charge in [-0.2, -0.15) is 4.98 Å². The second-order valence-corrected chi connectivity index (χ2v) is 3.00. The quantitative estimate of drug-likeness (QED) is 0.629. The molecule has 0 atom stereocenters. The van der Waals surface area contributed by atoms with Crippen molar-refractivity contribution in [1.29, 1.82) is 0 Å². The van der Waals surface area contributed by atoms with E-state index in [0.29, 0.717) is 11.6 Å². The molecule has 2 rings (SSSR count). The predicted octanol–water partition coefficient (Wildman–Crippen LogP) is -0.942. The van der Waals surface area contributed by atoms with Crippen LogP contribution in [0.2, 0.25) is 0 Å². The van der Waals surface area contributed by atoms with Crippen molar-refractivity contribution in [3.05, 3.63) is 27.0 Å². The van der Waals surface area contributed by atoms with Crippen LogP contribution < -0.4 is 16.6 Å². The molecule has 0 bridgehead atoms. The van der Waals surface area contributed by atoms with Gasteiger partial charge < -0.3 is 5.32 Å². The van der Waals surface area contributed by atoms with Crippen molar-refractivity contribution in [2.24, 2.45) is 7.05 Å². The Bertz CT molecular complexity index is 627. The summed E-state index contributed by atoms with van der Waals surface area (Å²) in [5, 5.41) is 3.02.